The Kier molecular flexibility index (Phi) is 5.65. The van der Waals surface area contributed by atoms with Crippen LogP contribution < -0.4 is 0 Å². The third-order valence-electron chi connectivity index (χ3n) is 2.34. The van der Waals surface area contributed by atoms with Gasteiger partial charge in [-0.2, -0.15) is 0 Å². The fourth-order valence-corrected chi connectivity index (χ4v) is 1.57. The van der Waals surface area contributed by atoms with Gasteiger partial charge in [0.25, 0.3) is 0 Å². The number of hydrogen-bond acceptors (Lipinski definition) is 4. The molecule has 0 aliphatic heterocycles. The van der Waals surface area contributed by atoms with Crippen molar-refractivity contribution in [3.05, 3.63) is 29.8 Å². The number of esters is 1. The van der Waals surface area contributed by atoms with Crippen molar-refractivity contribution >= 4 is 5.97 Å². The van der Waals surface area contributed by atoms with Crippen LogP contribution in [-0.2, 0) is 20.7 Å². The average Bonchev–Trinajstić information content (AvgIpc) is 2.30. The van der Waals surface area contributed by atoms with E-state index in [0.29, 0.717) is 13.0 Å². The standard InChI is InChI=1S/C14H20O4/c1-4-17-13(14(16)18-10(2)3)9-11-5-7-12(15)8-6-11/h5-8,10,13,15H,4,9H2,1-3H3/t13-/m1/s1. The molecule has 1 atom stereocenters. The van der Waals surface area contributed by atoms with Gasteiger partial charge in [-0.05, 0) is 38.5 Å². The van der Waals surface area contributed by atoms with Gasteiger partial charge < -0.3 is 14.6 Å². The quantitative estimate of drug-likeness (QED) is 0.789. The number of phenols is 1. The van der Waals surface area contributed by atoms with E-state index in [1.165, 1.54) is 0 Å². The highest BCUT2D eigenvalue weighted by atomic mass is 16.6. The lowest BCUT2D eigenvalue weighted by atomic mass is 10.1. The smallest absolute Gasteiger partial charge is 0.335 e. The van der Waals surface area contributed by atoms with Crippen LogP contribution in [0.25, 0.3) is 0 Å². The molecule has 4 nitrogen and oxygen atoms in total. The van der Waals surface area contributed by atoms with Gasteiger partial charge >= 0.3 is 5.97 Å². The van der Waals surface area contributed by atoms with Gasteiger partial charge in [-0.3, -0.25) is 0 Å². The molecule has 0 fully saturated rings. The summed E-state index contributed by atoms with van der Waals surface area (Å²) in [6.07, 6.45) is -0.304. The summed E-state index contributed by atoms with van der Waals surface area (Å²) in [4.78, 5) is 11.8. The summed E-state index contributed by atoms with van der Waals surface area (Å²) < 4.78 is 10.5. The fourth-order valence-electron chi connectivity index (χ4n) is 1.57. The molecule has 0 radical (unpaired) electrons. The van der Waals surface area contributed by atoms with Crippen molar-refractivity contribution in [2.75, 3.05) is 6.61 Å². The second kappa shape index (κ2) is 7.01. The number of carbonyl (C=O) groups is 1. The Morgan fingerprint density at radius 1 is 1.28 bits per heavy atom. The number of rotatable bonds is 6. The maximum Gasteiger partial charge on any atom is 0.335 e. The van der Waals surface area contributed by atoms with E-state index in [2.05, 4.69) is 0 Å². The molecule has 0 spiro atoms. The normalized spacial score (nSPS) is 12.4. The Labute approximate surface area is 108 Å². The van der Waals surface area contributed by atoms with Gasteiger partial charge in [-0.25, -0.2) is 4.79 Å². The Balaban J connectivity index is 2.67. The molecule has 4 heteroatoms. The SMILES string of the molecule is CCO[C@H](Cc1ccc(O)cc1)C(=O)OC(C)C. The largest absolute Gasteiger partial charge is 0.508 e. The van der Waals surface area contributed by atoms with Crippen LogP contribution in [0.5, 0.6) is 5.75 Å². The Morgan fingerprint density at radius 2 is 1.89 bits per heavy atom. The second-order valence-electron chi connectivity index (χ2n) is 4.30. The van der Waals surface area contributed by atoms with Gasteiger partial charge in [0.2, 0.25) is 0 Å². The lowest BCUT2D eigenvalue weighted by Gasteiger charge is -2.17. The molecule has 0 amide bonds. The van der Waals surface area contributed by atoms with Gasteiger partial charge in [-0.1, -0.05) is 12.1 Å². The van der Waals surface area contributed by atoms with Crippen molar-refractivity contribution in [1.29, 1.82) is 0 Å². The number of carbonyl (C=O) groups excluding carboxylic acids is 1. The van der Waals surface area contributed by atoms with Crippen molar-refractivity contribution in [1.82, 2.24) is 0 Å². The molecule has 0 unspecified atom stereocenters. The van der Waals surface area contributed by atoms with Gasteiger partial charge in [0.05, 0.1) is 6.10 Å². The summed E-state index contributed by atoms with van der Waals surface area (Å²) in [6, 6.07) is 6.71. The van der Waals surface area contributed by atoms with E-state index in [1.807, 2.05) is 20.8 Å². The zero-order valence-electron chi connectivity index (χ0n) is 11.1. The first kappa shape index (κ1) is 14.5. The summed E-state index contributed by atoms with van der Waals surface area (Å²) in [7, 11) is 0. The molecule has 1 aromatic rings. The van der Waals surface area contributed by atoms with E-state index in [9.17, 15) is 9.90 Å². The number of aromatic hydroxyl groups is 1. The molecule has 0 saturated carbocycles. The molecule has 0 heterocycles. The van der Waals surface area contributed by atoms with Crippen LogP contribution in [0.1, 0.15) is 26.3 Å². The highest BCUT2D eigenvalue weighted by Gasteiger charge is 2.21. The number of phenolic OH excluding ortho intramolecular Hbond substituents is 1. The maximum atomic E-state index is 11.8. The molecule has 100 valence electrons. The number of benzene rings is 1. The van der Waals surface area contributed by atoms with Crippen molar-refractivity contribution in [2.24, 2.45) is 0 Å². The van der Waals surface area contributed by atoms with Crippen molar-refractivity contribution in [3.8, 4) is 5.75 Å². The highest BCUT2D eigenvalue weighted by Crippen LogP contribution is 2.13. The van der Waals surface area contributed by atoms with E-state index in [1.54, 1.807) is 24.3 Å². The van der Waals surface area contributed by atoms with Crippen LogP contribution in [0.15, 0.2) is 24.3 Å². The van der Waals surface area contributed by atoms with E-state index < -0.39 is 6.10 Å². The molecule has 18 heavy (non-hydrogen) atoms. The number of hydrogen-bond donors (Lipinski definition) is 1. The summed E-state index contributed by atoms with van der Waals surface area (Å²) in [5, 5.41) is 9.20. The molecule has 0 aromatic heterocycles. The molecule has 1 N–H and O–H groups in total. The monoisotopic (exact) mass is 252 g/mol. The first-order valence-electron chi connectivity index (χ1n) is 6.13. The predicted molar refractivity (Wildman–Crippen MR) is 68.5 cm³/mol. The van der Waals surface area contributed by atoms with Gasteiger partial charge in [0.15, 0.2) is 6.10 Å². The predicted octanol–water partition coefficient (Wildman–Crippen LogP) is 2.29. The topological polar surface area (TPSA) is 55.8 Å². The molecule has 0 aliphatic carbocycles. The zero-order chi connectivity index (χ0) is 13.5. The van der Waals surface area contributed by atoms with Crippen LogP contribution in [0.2, 0.25) is 0 Å². The molecule has 0 saturated heterocycles. The van der Waals surface area contributed by atoms with E-state index in [0.717, 1.165) is 5.56 Å². The second-order valence-corrected chi connectivity index (χ2v) is 4.30. The first-order chi connectivity index (χ1) is 8.52. The lowest BCUT2D eigenvalue weighted by Crippen LogP contribution is -2.30. The highest BCUT2D eigenvalue weighted by molar-refractivity contribution is 5.75. The summed E-state index contributed by atoms with van der Waals surface area (Å²) in [6.45, 7) is 5.91. The fraction of sp³-hybridized carbons (Fsp3) is 0.500. The van der Waals surface area contributed by atoms with Gasteiger partial charge in [0.1, 0.15) is 5.75 Å². The number of ether oxygens (including phenoxy) is 2. The molecule has 1 rings (SSSR count). The van der Waals surface area contributed by atoms with Crippen LogP contribution in [-0.4, -0.2) is 29.9 Å². The lowest BCUT2D eigenvalue weighted by molar-refractivity contribution is -0.160. The van der Waals surface area contributed by atoms with E-state index >= 15 is 0 Å². The Bertz CT molecular complexity index is 370. The van der Waals surface area contributed by atoms with Gasteiger partial charge in [0, 0.05) is 13.0 Å². The molecule has 0 aliphatic rings. The third kappa shape index (κ3) is 4.75. The zero-order valence-corrected chi connectivity index (χ0v) is 11.1. The molecular formula is C14H20O4. The average molecular weight is 252 g/mol. The third-order valence-corrected chi connectivity index (χ3v) is 2.34. The van der Waals surface area contributed by atoms with E-state index in [4.69, 9.17) is 9.47 Å². The minimum atomic E-state index is -0.595. The van der Waals surface area contributed by atoms with Crippen molar-refractivity contribution in [3.63, 3.8) is 0 Å². The van der Waals surface area contributed by atoms with Crippen molar-refractivity contribution in [2.45, 2.75) is 39.4 Å². The Morgan fingerprint density at radius 3 is 2.39 bits per heavy atom. The maximum absolute atomic E-state index is 11.8. The Hall–Kier alpha value is -1.55. The summed E-state index contributed by atoms with van der Waals surface area (Å²) >= 11 is 0. The van der Waals surface area contributed by atoms with E-state index in [-0.39, 0.29) is 17.8 Å². The summed E-state index contributed by atoms with van der Waals surface area (Å²) in [5.41, 5.74) is 0.923. The first-order valence-corrected chi connectivity index (χ1v) is 6.13. The molecule has 1 aromatic carbocycles. The van der Waals surface area contributed by atoms with Crippen LogP contribution in [0.4, 0.5) is 0 Å². The van der Waals surface area contributed by atoms with Gasteiger partial charge in [-0.15, -0.1) is 0 Å². The van der Waals surface area contributed by atoms with Crippen LogP contribution in [0.3, 0.4) is 0 Å². The van der Waals surface area contributed by atoms with Crippen LogP contribution >= 0.6 is 0 Å². The minimum absolute atomic E-state index is 0.153. The van der Waals surface area contributed by atoms with Crippen LogP contribution in [0, 0.1) is 0 Å². The minimum Gasteiger partial charge on any atom is -0.508 e. The molecule has 0 bridgehead atoms. The summed E-state index contributed by atoms with van der Waals surface area (Å²) in [5.74, 6) is -0.142. The molecular weight excluding hydrogens is 232 g/mol. The van der Waals surface area contributed by atoms with Crippen molar-refractivity contribution < 1.29 is 19.4 Å².